The van der Waals surface area contributed by atoms with E-state index in [0.29, 0.717) is 12.1 Å². The summed E-state index contributed by atoms with van der Waals surface area (Å²) in [5.74, 6) is -0.181. The highest BCUT2D eigenvalue weighted by molar-refractivity contribution is 5.70. The number of hydrogen-bond donors (Lipinski definition) is 1. The van der Waals surface area contributed by atoms with Crippen LogP contribution in [-0.2, 0) is 6.54 Å². The average Bonchev–Trinajstić information content (AvgIpc) is 2.84. The van der Waals surface area contributed by atoms with Gasteiger partial charge in [0.2, 0.25) is 0 Å². The Labute approximate surface area is 110 Å². The van der Waals surface area contributed by atoms with Crippen molar-refractivity contribution in [1.82, 2.24) is 9.38 Å². The number of nitrogens with zero attached hydrogens (tertiary/aromatic N) is 2. The smallest absolute Gasteiger partial charge is 0.126 e. The second kappa shape index (κ2) is 4.48. The van der Waals surface area contributed by atoms with E-state index in [9.17, 15) is 4.39 Å². The second-order valence-electron chi connectivity index (χ2n) is 4.61. The van der Waals surface area contributed by atoms with Gasteiger partial charge < -0.3 is 10.1 Å². The van der Waals surface area contributed by atoms with Crippen molar-refractivity contribution in [1.29, 1.82) is 0 Å². The van der Waals surface area contributed by atoms with Crippen LogP contribution in [0.4, 0.5) is 4.39 Å². The molecule has 0 radical (unpaired) electrons. The van der Waals surface area contributed by atoms with Crippen LogP contribution in [0.25, 0.3) is 16.6 Å². The molecule has 2 N–H and O–H groups in total. The fraction of sp³-hybridized carbons (Fsp3) is 0.133. The standard InChI is InChI=1S/C15H14FN3/c1-10-4-11(2-3-15(10)16)12-5-14-6-13(7-17)18-9-19(14)8-12/h2-6,8-9H,7,17H2,1H3. The maximum Gasteiger partial charge on any atom is 0.126 e. The Morgan fingerprint density at radius 3 is 2.79 bits per heavy atom. The summed E-state index contributed by atoms with van der Waals surface area (Å²) < 4.78 is 15.2. The molecule has 0 aliphatic carbocycles. The summed E-state index contributed by atoms with van der Waals surface area (Å²) in [6, 6.07) is 9.14. The zero-order chi connectivity index (χ0) is 13.4. The Hall–Kier alpha value is -2.20. The van der Waals surface area contributed by atoms with E-state index in [-0.39, 0.29) is 5.82 Å². The summed E-state index contributed by atoms with van der Waals surface area (Å²) in [6.45, 7) is 2.19. The van der Waals surface area contributed by atoms with E-state index in [1.165, 1.54) is 6.07 Å². The molecule has 2 aromatic heterocycles. The molecule has 0 amide bonds. The zero-order valence-corrected chi connectivity index (χ0v) is 10.6. The first kappa shape index (κ1) is 11.9. The molecule has 1 aromatic carbocycles. The number of aryl methyl sites for hydroxylation is 1. The van der Waals surface area contributed by atoms with E-state index in [4.69, 9.17) is 5.73 Å². The molecule has 0 atom stereocenters. The largest absolute Gasteiger partial charge is 0.325 e. The van der Waals surface area contributed by atoms with Crippen LogP contribution in [0.2, 0.25) is 0 Å². The highest BCUT2D eigenvalue weighted by atomic mass is 19.1. The van der Waals surface area contributed by atoms with Crippen LogP contribution in [-0.4, -0.2) is 9.38 Å². The molecule has 3 rings (SSSR count). The molecule has 0 aliphatic rings. The Balaban J connectivity index is 2.11. The maximum absolute atomic E-state index is 13.3. The zero-order valence-electron chi connectivity index (χ0n) is 10.6. The summed E-state index contributed by atoms with van der Waals surface area (Å²) in [7, 11) is 0. The molecule has 0 aliphatic heterocycles. The lowest BCUT2D eigenvalue weighted by Crippen LogP contribution is -2.00. The van der Waals surface area contributed by atoms with Gasteiger partial charge in [-0.1, -0.05) is 6.07 Å². The van der Waals surface area contributed by atoms with Crippen LogP contribution in [0.1, 0.15) is 11.3 Å². The lowest BCUT2D eigenvalue weighted by atomic mass is 10.1. The van der Waals surface area contributed by atoms with Crippen LogP contribution < -0.4 is 5.73 Å². The van der Waals surface area contributed by atoms with Gasteiger partial charge in [-0.2, -0.15) is 0 Å². The third-order valence-corrected chi connectivity index (χ3v) is 3.24. The molecule has 0 saturated heterocycles. The molecule has 3 nitrogen and oxygen atoms in total. The molecule has 19 heavy (non-hydrogen) atoms. The van der Waals surface area contributed by atoms with Gasteiger partial charge in [-0.25, -0.2) is 9.37 Å². The van der Waals surface area contributed by atoms with Gasteiger partial charge in [0.05, 0.1) is 12.0 Å². The summed E-state index contributed by atoms with van der Waals surface area (Å²) in [6.07, 6.45) is 3.73. The van der Waals surface area contributed by atoms with Gasteiger partial charge in [-0.15, -0.1) is 0 Å². The molecule has 2 heterocycles. The van der Waals surface area contributed by atoms with Gasteiger partial charge in [0, 0.05) is 23.8 Å². The molecule has 0 unspecified atom stereocenters. The third kappa shape index (κ3) is 2.11. The van der Waals surface area contributed by atoms with Crippen molar-refractivity contribution in [2.45, 2.75) is 13.5 Å². The van der Waals surface area contributed by atoms with E-state index >= 15 is 0 Å². The van der Waals surface area contributed by atoms with Crippen LogP contribution in [0.15, 0.2) is 42.9 Å². The lowest BCUT2D eigenvalue weighted by molar-refractivity contribution is 0.619. The van der Waals surface area contributed by atoms with Gasteiger partial charge in [0.15, 0.2) is 0 Å². The summed E-state index contributed by atoms with van der Waals surface area (Å²) in [5.41, 5.74) is 10.2. The molecule has 0 bridgehead atoms. The third-order valence-electron chi connectivity index (χ3n) is 3.24. The first-order valence-electron chi connectivity index (χ1n) is 6.10. The number of fused-ring (bicyclic) bond motifs is 1. The van der Waals surface area contributed by atoms with E-state index in [1.807, 2.05) is 28.8 Å². The number of benzene rings is 1. The normalized spacial score (nSPS) is 11.1. The van der Waals surface area contributed by atoms with Crippen molar-refractivity contribution in [3.63, 3.8) is 0 Å². The van der Waals surface area contributed by atoms with E-state index in [0.717, 1.165) is 22.3 Å². The Morgan fingerprint density at radius 2 is 2.05 bits per heavy atom. The first-order chi connectivity index (χ1) is 9.17. The van der Waals surface area contributed by atoms with Crippen LogP contribution in [0, 0.1) is 12.7 Å². The molecule has 0 fully saturated rings. The Morgan fingerprint density at radius 1 is 1.21 bits per heavy atom. The summed E-state index contributed by atoms with van der Waals surface area (Å²) in [5, 5.41) is 0. The van der Waals surface area contributed by atoms with Gasteiger partial charge in [-0.3, -0.25) is 0 Å². The monoisotopic (exact) mass is 255 g/mol. The molecule has 3 aromatic rings. The van der Waals surface area contributed by atoms with Gasteiger partial charge in [-0.05, 0) is 42.3 Å². The minimum absolute atomic E-state index is 0.181. The highest BCUT2D eigenvalue weighted by Crippen LogP contribution is 2.24. The van der Waals surface area contributed by atoms with E-state index < -0.39 is 0 Å². The molecule has 4 heteroatoms. The van der Waals surface area contributed by atoms with E-state index in [2.05, 4.69) is 4.98 Å². The molecule has 0 spiro atoms. The molecule has 0 saturated carbocycles. The maximum atomic E-state index is 13.3. The molecular weight excluding hydrogens is 241 g/mol. The SMILES string of the molecule is Cc1cc(-c2cc3cc(CN)ncn3c2)ccc1F. The van der Waals surface area contributed by atoms with Crippen molar-refractivity contribution in [2.75, 3.05) is 0 Å². The van der Waals surface area contributed by atoms with Crippen LogP contribution >= 0.6 is 0 Å². The summed E-state index contributed by atoms with van der Waals surface area (Å²) in [4.78, 5) is 4.24. The number of halogens is 1. The van der Waals surface area contributed by atoms with Crippen LogP contribution in [0.5, 0.6) is 0 Å². The van der Waals surface area contributed by atoms with Crippen molar-refractivity contribution in [2.24, 2.45) is 5.73 Å². The average molecular weight is 255 g/mol. The van der Waals surface area contributed by atoms with Gasteiger partial charge in [0.1, 0.15) is 5.82 Å². The number of aromatic nitrogens is 2. The van der Waals surface area contributed by atoms with Gasteiger partial charge in [0.25, 0.3) is 0 Å². The van der Waals surface area contributed by atoms with E-state index in [1.54, 1.807) is 19.3 Å². The fourth-order valence-electron chi connectivity index (χ4n) is 2.15. The Bertz CT molecular complexity index is 746. The predicted octanol–water partition coefficient (Wildman–Crippen LogP) is 2.91. The van der Waals surface area contributed by atoms with Crippen molar-refractivity contribution < 1.29 is 4.39 Å². The van der Waals surface area contributed by atoms with Crippen molar-refractivity contribution in [3.05, 3.63) is 59.9 Å². The molecule has 96 valence electrons. The van der Waals surface area contributed by atoms with Crippen molar-refractivity contribution >= 4 is 5.52 Å². The summed E-state index contributed by atoms with van der Waals surface area (Å²) >= 11 is 0. The van der Waals surface area contributed by atoms with Gasteiger partial charge >= 0.3 is 0 Å². The molecular formula is C15H14FN3. The number of rotatable bonds is 2. The topological polar surface area (TPSA) is 43.3 Å². The number of hydrogen-bond acceptors (Lipinski definition) is 2. The van der Waals surface area contributed by atoms with Crippen molar-refractivity contribution in [3.8, 4) is 11.1 Å². The van der Waals surface area contributed by atoms with Crippen LogP contribution in [0.3, 0.4) is 0 Å². The first-order valence-corrected chi connectivity index (χ1v) is 6.10. The fourth-order valence-corrected chi connectivity index (χ4v) is 2.15. The lowest BCUT2D eigenvalue weighted by Gasteiger charge is -2.00. The predicted molar refractivity (Wildman–Crippen MR) is 73.2 cm³/mol. The number of nitrogens with two attached hydrogens (primary N) is 1. The second-order valence-corrected chi connectivity index (χ2v) is 4.61. The Kier molecular flexibility index (Phi) is 2.80. The minimum Gasteiger partial charge on any atom is -0.325 e. The quantitative estimate of drug-likeness (QED) is 0.765. The minimum atomic E-state index is -0.181. The highest BCUT2D eigenvalue weighted by Gasteiger charge is 2.05.